The van der Waals surface area contributed by atoms with Crippen LogP contribution in [0.3, 0.4) is 0 Å². The van der Waals surface area contributed by atoms with E-state index in [0.717, 1.165) is 5.56 Å². The van der Waals surface area contributed by atoms with Gasteiger partial charge in [0.1, 0.15) is 5.82 Å². The number of carbonyl (C=O) groups excluding carboxylic acids is 1. The number of aliphatic hydroxyl groups is 1. The predicted octanol–water partition coefficient (Wildman–Crippen LogP) is 4.91. The maximum atomic E-state index is 12.7. The summed E-state index contributed by atoms with van der Waals surface area (Å²) in [4.78, 5) is 11.1. The third kappa shape index (κ3) is 13.9. The maximum Gasteiger partial charge on any atom is 0.305 e. The Morgan fingerprint density at radius 2 is 1.70 bits per heavy atom. The quantitative estimate of drug-likeness (QED) is 0.690. The SMILES string of the molecule is CC.CC.CCOC(=O)CCCC(O)CCc1ccc(F)cc1. The minimum atomic E-state index is -0.431. The first-order valence-electron chi connectivity index (χ1n) is 8.70. The van der Waals surface area contributed by atoms with Gasteiger partial charge in [0.25, 0.3) is 0 Å². The van der Waals surface area contributed by atoms with Gasteiger partial charge in [-0.15, -0.1) is 0 Å². The normalized spacial score (nSPS) is 10.6. The van der Waals surface area contributed by atoms with Crippen LogP contribution in [0, 0.1) is 5.82 Å². The zero-order valence-electron chi connectivity index (χ0n) is 15.3. The number of hydrogen-bond acceptors (Lipinski definition) is 3. The van der Waals surface area contributed by atoms with Crippen molar-refractivity contribution >= 4 is 5.97 Å². The number of aryl methyl sites for hydroxylation is 1. The molecule has 3 nitrogen and oxygen atoms in total. The molecule has 1 rings (SSSR count). The van der Waals surface area contributed by atoms with Crippen LogP contribution in [0.5, 0.6) is 0 Å². The molecule has 0 aliphatic rings. The van der Waals surface area contributed by atoms with Crippen molar-refractivity contribution in [2.45, 2.75) is 72.8 Å². The highest BCUT2D eigenvalue weighted by Crippen LogP contribution is 2.11. The van der Waals surface area contributed by atoms with E-state index in [9.17, 15) is 14.3 Å². The highest BCUT2D eigenvalue weighted by Gasteiger charge is 2.07. The minimum absolute atomic E-state index is 0.215. The van der Waals surface area contributed by atoms with Crippen molar-refractivity contribution in [2.24, 2.45) is 0 Å². The van der Waals surface area contributed by atoms with E-state index in [0.29, 0.717) is 38.7 Å². The molecule has 0 bridgehead atoms. The first-order valence-corrected chi connectivity index (χ1v) is 8.70. The van der Waals surface area contributed by atoms with Gasteiger partial charge in [-0.1, -0.05) is 39.8 Å². The summed E-state index contributed by atoms with van der Waals surface area (Å²) in [7, 11) is 0. The number of rotatable bonds is 8. The maximum absolute atomic E-state index is 12.7. The average Bonchev–Trinajstić information content (AvgIpc) is 2.58. The number of carbonyl (C=O) groups is 1. The summed E-state index contributed by atoms with van der Waals surface area (Å²) in [6, 6.07) is 6.28. The Bertz CT molecular complexity index is 377. The van der Waals surface area contributed by atoms with E-state index in [-0.39, 0.29) is 11.8 Å². The molecule has 0 saturated heterocycles. The third-order valence-corrected chi connectivity index (χ3v) is 2.90. The van der Waals surface area contributed by atoms with E-state index < -0.39 is 6.10 Å². The summed E-state index contributed by atoms with van der Waals surface area (Å²) in [6.07, 6.45) is 2.46. The summed E-state index contributed by atoms with van der Waals surface area (Å²) in [5.74, 6) is -0.466. The molecule has 0 spiro atoms. The molecule has 134 valence electrons. The van der Waals surface area contributed by atoms with Gasteiger partial charge in [-0.25, -0.2) is 4.39 Å². The van der Waals surface area contributed by atoms with Crippen LogP contribution < -0.4 is 0 Å². The Morgan fingerprint density at radius 3 is 2.22 bits per heavy atom. The van der Waals surface area contributed by atoms with Gasteiger partial charge in [0, 0.05) is 6.42 Å². The monoisotopic (exact) mass is 328 g/mol. The highest BCUT2D eigenvalue weighted by molar-refractivity contribution is 5.69. The molecule has 4 heteroatoms. The van der Waals surface area contributed by atoms with Crippen molar-refractivity contribution in [3.8, 4) is 0 Å². The van der Waals surface area contributed by atoms with Gasteiger partial charge in [-0.2, -0.15) is 0 Å². The van der Waals surface area contributed by atoms with E-state index in [1.807, 2.05) is 27.7 Å². The van der Waals surface area contributed by atoms with Gasteiger partial charge in [-0.05, 0) is 50.3 Å². The standard InChI is InChI=1S/C15H21FO3.2C2H6/c1-2-19-15(18)5-3-4-14(17)11-8-12-6-9-13(16)10-7-12;2*1-2/h6-7,9-10,14,17H,2-5,8,11H2,1H3;2*1-2H3. The largest absolute Gasteiger partial charge is 0.466 e. The van der Waals surface area contributed by atoms with Crippen molar-refractivity contribution in [2.75, 3.05) is 6.61 Å². The van der Waals surface area contributed by atoms with Crippen molar-refractivity contribution in [3.05, 3.63) is 35.6 Å². The molecule has 0 aromatic heterocycles. The Morgan fingerprint density at radius 1 is 1.13 bits per heavy atom. The molecule has 0 amide bonds. The Labute approximate surface area is 140 Å². The number of ether oxygens (including phenoxy) is 1. The van der Waals surface area contributed by atoms with Crippen LogP contribution in [0.25, 0.3) is 0 Å². The van der Waals surface area contributed by atoms with Gasteiger partial charge < -0.3 is 9.84 Å². The average molecular weight is 328 g/mol. The summed E-state index contributed by atoms with van der Waals surface area (Å²) >= 11 is 0. The topological polar surface area (TPSA) is 46.5 Å². The zero-order chi connectivity index (χ0) is 18.1. The van der Waals surface area contributed by atoms with E-state index in [2.05, 4.69) is 0 Å². The lowest BCUT2D eigenvalue weighted by Crippen LogP contribution is -2.10. The molecule has 0 radical (unpaired) electrons. The number of esters is 1. The number of hydrogen-bond donors (Lipinski definition) is 1. The summed E-state index contributed by atoms with van der Waals surface area (Å²) in [5.41, 5.74) is 1.01. The second kappa shape index (κ2) is 16.9. The molecule has 0 aliphatic heterocycles. The smallest absolute Gasteiger partial charge is 0.305 e. The van der Waals surface area contributed by atoms with Crippen molar-refractivity contribution in [1.82, 2.24) is 0 Å². The zero-order valence-corrected chi connectivity index (χ0v) is 15.3. The van der Waals surface area contributed by atoms with Gasteiger partial charge in [0.15, 0.2) is 0 Å². The molecule has 0 heterocycles. The van der Waals surface area contributed by atoms with Crippen LogP contribution in [-0.2, 0) is 16.0 Å². The summed E-state index contributed by atoms with van der Waals surface area (Å²) in [6.45, 7) is 10.2. The summed E-state index contributed by atoms with van der Waals surface area (Å²) < 4.78 is 17.5. The molecule has 0 aliphatic carbocycles. The van der Waals surface area contributed by atoms with Gasteiger partial charge in [0.05, 0.1) is 12.7 Å². The third-order valence-electron chi connectivity index (χ3n) is 2.90. The fraction of sp³-hybridized carbons (Fsp3) is 0.632. The molecule has 23 heavy (non-hydrogen) atoms. The second-order valence-corrected chi connectivity index (χ2v) is 4.52. The molecule has 1 atom stereocenters. The molecule has 1 N–H and O–H groups in total. The second-order valence-electron chi connectivity index (χ2n) is 4.52. The number of aliphatic hydroxyl groups excluding tert-OH is 1. The van der Waals surface area contributed by atoms with E-state index in [1.165, 1.54) is 12.1 Å². The van der Waals surface area contributed by atoms with Crippen LogP contribution >= 0.6 is 0 Å². The fourth-order valence-electron chi connectivity index (χ4n) is 1.84. The van der Waals surface area contributed by atoms with Crippen molar-refractivity contribution in [3.63, 3.8) is 0 Å². The summed E-state index contributed by atoms with van der Waals surface area (Å²) in [5, 5.41) is 9.78. The molecular weight excluding hydrogens is 295 g/mol. The lowest BCUT2D eigenvalue weighted by molar-refractivity contribution is -0.143. The molecule has 0 fully saturated rings. The lowest BCUT2D eigenvalue weighted by atomic mass is 10.0. The Balaban J connectivity index is 0. The minimum Gasteiger partial charge on any atom is -0.466 e. The van der Waals surface area contributed by atoms with Crippen LogP contribution in [0.4, 0.5) is 4.39 Å². The Kier molecular flexibility index (Phi) is 17.6. The molecule has 1 unspecified atom stereocenters. The fourth-order valence-corrected chi connectivity index (χ4v) is 1.84. The van der Waals surface area contributed by atoms with E-state index >= 15 is 0 Å². The first kappa shape index (κ1) is 23.8. The van der Waals surface area contributed by atoms with E-state index in [1.54, 1.807) is 19.1 Å². The van der Waals surface area contributed by atoms with E-state index in [4.69, 9.17) is 4.74 Å². The first-order chi connectivity index (χ1) is 11.1. The number of halogens is 1. The van der Waals surface area contributed by atoms with Crippen LogP contribution in [0.1, 0.15) is 65.9 Å². The van der Waals surface area contributed by atoms with Gasteiger partial charge in [-0.3, -0.25) is 4.79 Å². The van der Waals surface area contributed by atoms with Crippen molar-refractivity contribution in [1.29, 1.82) is 0 Å². The highest BCUT2D eigenvalue weighted by atomic mass is 19.1. The molecular formula is C19H33FO3. The Hall–Kier alpha value is -1.42. The predicted molar refractivity (Wildman–Crippen MR) is 93.9 cm³/mol. The molecule has 1 aromatic carbocycles. The van der Waals surface area contributed by atoms with Gasteiger partial charge in [0.2, 0.25) is 0 Å². The molecule has 0 saturated carbocycles. The number of benzene rings is 1. The van der Waals surface area contributed by atoms with Gasteiger partial charge >= 0.3 is 5.97 Å². The van der Waals surface area contributed by atoms with Crippen molar-refractivity contribution < 1.29 is 19.0 Å². The van der Waals surface area contributed by atoms with Crippen LogP contribution in [0.15, 0.2) is 24.3 Å². The van der Waals surface area contributed by atoms with Crippen LogP contribution in [0.2, 0.25) is 0 Å². The van der Waals surface area contributed by atoms with Crippen LogP contribution in [-0.4, -0.2) is 23.8 Å². The lowest BCUT2D eigenvalue weighted by Gasteiger charge is -2.10. The molecule has 1 aromatic rings.